The summed E-state index contributed by atoms with van der Waals surface area (Å²) in [4.78, 5) is 50.0. The van der Waals surface area contributed by atoms with Gasteiger partial charge in [0, 0.05) is 19.0 Å². The van der Waals surface area contributed by atoms with Crippen molar-refractivity contribution >= 4 is 23.6 Å². The number of carbonyl (C=O) groups is 4. The van der Waals surface area contributed by atoms with Crippen LogP contribution in [0.25, 0.3) is 0 Å². The van der Waals surface area contributed by atoms with E-state index >= 15 is 0 Å². The van der Waals surface area contributed by atoms with Gasteiger partial charge in [-0.25, -0.2) is 10.9 Å². The minimum atomic E-state index is -0.508. The summed E-state index contributed by atoms with van der Waals surface area (Å²) in [6.07, 6.45) is 0.412. The minimum absolute atomic E-state index is 0.00789. The third kappa shape index (κ3) is 3.93. The van der Waals surface area contributed by atoms with Crippen LogP contribution in [0.2, 0.25) is 0 Å². The van der Waals surface area contributed by atoms with Gasteiger partial charge in [0.2, 0.25) is 5.91 Å². The number of hydrazine groups is 2. The predicted molar refractivity (Wildman–Crippen MR) is 107 cm³/mol. The average molecular weight is 407 g/mol. The smallest absolute Gasteiger partial charge is 0.261 e. The van der Waals surface area contributed by atoms with E-state index in [4.69, 9.17) is 0 Å². The lowest BCUT2D eigenvalue weighted by Crippen LogP contribution is -2.50. The molecular formula is C21H21N5O4. The molecule has 2 unspecified atom stereocenters. The van der Waals surface area contributed by atoms with Crippen LogP contribution >= 0.6 is 0 Å². The Kier molecular flexibility index (Phi) is 5.55. The first-order valence-corrected chi connectivity index (χ1v) is 9.64. The van der Waals surface area contributed by atoms with Crippen molar-refractivity contribution in [3.63, 3.8) is 0 Å². The molecule has 1 saturated heterocycles. The number of hydrogen-bond donors (Lipinski definition) is 4. The van der Waals surface area contributed by atoms with Crippen LogP contribution in [0.4, 0.5) is 0 Å². The molecule has 1 fully saturated rings. The number of fused-ring (bicyclic) bond motifs is 1. The highest BCUT2D eigenvalue weighted by molar-refractivity contribution is 6.21. The number of benzene rings is 2. The third-order valence-electron chi connectivity index (χ3n) is 5.19. The summed E-state index contributed by atoms with van der Waals surface area (Å²) >= 11 is 0. The molecule has 0 aliphatic carbocycles. The first-order chi connectivity index (χ1) is 14.5. The third-order valence-corrected chi connectivity index (χ3v) is 5.19. The molecule has 0 aromatic heterocycles. The summed E-state index contributed by atoms with van der Waals surface area (Å²) in [5.74, 6) is -1.71. The molecule has 9 nitrogen and oxygen atoms in total. The van der Waals surface area contributed by atoms with Gasteiger partial charge in [0.25, 0.3) is 17.7 Å². The fourth-order valence-electron chi connectivity index (χ4n) is 3.57. The Bertz CT molecular complexity index is 959. The van der Waals surface area contributed by atoms with Crippen molar-refractivity contribution in [1.29, 1.82) is 0 Å². The second kappa shape index (κ2) is 8.44. The van der Waals surface area contributed by atoms with Gasteiger partial charge in [-0.1, -0.05) is 42.5 Å². The fourth-order valence-corrected chi connectivity index (χ4v) is 3.57. The fraction of sp³-hybridized carbons (Fsp3) is 0.238. The summed E-state index contributed by atoms with van der Waals surface area (Å²) in [5, 5.41) is 0. The summed E-state index contributed by atoms with van der Waals surface area (Å²) in [5.41, 5.74) is 12.4. The highest BCUT2D eigenvalue weighted by Crippen LogP contribution is 2.23. The second-order valence-corrected chi connectivity index (χ2v) is 7.14. The van der Waals surface area contributed by atoms with E-state index in [1.165, 1.54) is 0 Å². The molecule has 4 amide bonds. The Morgan fingerprint density at radius 2 is 1.53 bits per heavy atom. The lowest BCUT2D eigenvalue weighted by atomic mass is 10.0. The summed E-state index contributed by atoms with van der Waals surface area (Å²) < 4.78 is 0. The van der Waals surface area contributed by atoms with Crippen LogP contribution in [0.3, 0.4) is 0 Å². The highest BCUT2D eigenvalue weighted by atomic mass is 16.2. The molecule has 0 bridgehead atoms. The molecular weight excluding hydrogens is 386 g/mol. The maximum atomic E-state index is 12.3. The van der Waals surface area contributed by atoms with E-state index in [1.807, 2.05) is 30.3 Å². The van der Waals surface area contributed by atoms with Gasteiger partial charge in [-0.05, 0) is 24.1 Å². The summed E-state index contributed by atoms with van der Waals surface area (Å²) in [7, 11) is 0. The molecule has 4 N–H and O–H groups in total. The number of carbonyl (C=O) groups excluding carboxylic acids is 4. The van der Waals surface area contributed by atoms with Crippen LogP contribution < -0.4 is 21.7 Å². The van der Waals surface area contributed by atoms with Crippen molar-refractivity contribution in [1.82, 2.24) is 26.6 Å². The van der Waals surface area contributed by atoms with Gasteiger partial charge < -0.3 is 0 Å². The van der Waals surface area contributed by atoms with Crippen molar-refractivity contribution in [2.45, 2.75) is 24.9 Å². The molecule has 0 radical (unpaired) electrons. The zero-order chi connectivity index (χ0) is 21.1. The van der Waals surface area contributed by atoms with Crippen molar-refractivity contribution in [2.24, 2.45) is 0 Å². The number of rotatable bonds is 5. The quantitative estimate of drug-likeness (QED) is 0.422. The standard InChI is InChI=1S/C21H21N5O4/c27-18(10-11-26-20(29)14-8-4-5-9-15(14)21(26)30)24-25-19(28)17-12-16(22-23-17)13-6-2-1-3-7-13/h1-9,16-17,22-23H,10-12H2,(H,24,27)(H,25,28). The average Bonchev–Trinajstić information content (AvgIpc) is 3.36. The van der Waals surface area contributed by atoms with Gasteiger partial charge in [0.15, 0.2) is 0 Å². The molecule has 4 rings (SSSR count). The lowest BCUT2D eigenvalue weighted by molar-refractivity contribution is -0.130. The maximum Gasteiger partial charge on any atom is 0.261 e. The normalized spacial score (nSPS) is 20.2. The largest absolute Gasteiger partial charge is 0.274 e. The SMILES string of the molecule is O=C(CCN1C(=O)c2ccccc2C1=O)NNC(=O)C1CC(c2ccccc2)NN1. The highest BCUT2D eigenvalue weighted by Gasteiger charge is 2.35. The van der Waals surface area contributed by atoms with Crippen molar-refractivity contribution in [3.05, 3.63) is 71.3 Å². The molecule has 2 aromatic rings. The van der Waals surface area contributed by atoms with Crippen molar-refractivity contribution < 1.29 is 19.2 Å². The molecule has 2 aliphatic rings. The van der Waals surface area contributed by atoms with E-state index in [0.717, 1.165) is 10.5 Å². The molecule has 9 heteroatoms. The summed E-state index contributed by atoms with van der Waals surface area (Å²) in [6, 6.07) is 15.8. The van der Waals surface area contributed by atoms with Gasteiger partial charge in [0.05, 0.1) is 11.1 Å². The Labute approximate surface area is 172 Å². The van der Waals surface area contributed by atoms with Crippen LogP contribution in [0.15, 0.2) is 54.6 Å². The predicted octanol–water partition coefficient (Wildman–Crippen LogP) is 0.428. The van der Waals surface area contributed by atoms with E-state index in [9.17, 15) is 19.2 Å². The van der Waals surface area contributed by atoms with Crippen LogP contribution in [0.5, 0.6) is 0 Å². The van der Waals surface area contributed by atoms with E-state index in [0.29, 0.717) is 17.5 Å². The van der Waals surface area contributed by atoms with Gasteiger partial charge >= 0.3 is 0 Å². The molecule has 0 spiro atoms. The van der Waals surface area contributed by atoms with Crippen LogP contribution in [-0.2, 0) is 9.59 Å². The van der Waals surface area contributed by atoms with Crippen LogP contribution in [0.1, 0.15) is 45.2 Å². The Hall–Kier alpha value is -3.56. The van der Waals surface area contributed by atoms with Crippen molar-refractivity contribution in [3.8, 4) is 0 Å². The number of imide groups is 1. The Morgan fingerprint density at radius 1 is 0.900 bits per heavy atom. The van der Waals surface area contributed by atoms with Crippen LogP contribution in [-0.4, -0.2) is 41.1 Å². The molecule has 2 aliphatic heterocycles. The number of nitrogens with zero attached hydrogens (tertiary/aromatic N) is 1. The topological polar surface area (TPSA) is 120 Å². The molecule has 2 aromatic carbocycles. The number of hydrogen-bond acceptors (Lipinski definition) is 6. The van der Waals surface area contributed by atoms with Gasteiger partial charge in [-0.3, -0.25) is 34.9 Å². The molecule has 30 heavy (non-hydrogen) atoms. The molecule has 0 saturated carbocycles. The van der Waals surface area contributed by atoms with Gasteiger partial charge in [-0.2, -0.15) is 0 Å². The number of nitrogens with one attached hydrogen (secondary N) is 4. The number of amides is 4. The second-order valence-electron chi connectivity index (χ2n) is 7.14. The van der Waals surface area contributed by atoms with Crippen molar-refractivity contribution in [2.75, 3.05) is 6.54 Å². The lowest BCUT2D eigenvalue weighted by Gasteiger charge is -2.15. The van der Waals surface area contributed by atoms with E-state index < -0.39 is 23.8 Å². The first kappa shape index (κ1) is 19.7. The minimum Gasteiger partial charge on any atom is -0.274 e. The van der Waals surface area contributed by atoms with Gasteiger partial charge in [0.1, 0.15) is 6.04 Å². The summed E-state index contributed by atoms with van der Waals surface area (Å²) in [6.45, 7) is -0.0621. The Balaban J connectivity index is 1.22. The zero-order valence-electron chi connectivity index (χ0n) is 16.1. The maximum absolute atomic E-state index is 12.3. The molecule has 2 heterocycles. The van der Waals surface area contributed by atoms with E-state index in [2.05, 4.69) is 21.7 Å². The Morgan fingerprint density at radius 3 is 2.20 bits per heavy atom. The van der Waals surface area contributed by atoms with Gasteiger partial charge in [-0.15, -0.1) is 0 Å². The van der Waals surface area contributed by atoms with E-state index in [1.54, 1.807) is 24.3 Å². The molecule has 154 valence electrons. The first-order valence-electron chi connectivity index (χ1n) is 9.64. The monoisotopic (exact) mass is 407 g/mol. The van der Waals surface area contributed by atoms with Crippen LogP contribution in [0, 0.1) is 0 Å². The van der Waals surface area contributed by atoms with E-state index in [-0.39, 0.29) is 24.9 Å². The molecule has 2 atom stereocenters. The zero-order valence-corrected chi connectivity index (χ0v) is 16.1.